The molecule has 2 aliphatic rings. The van der Waals surface area contributed by atoms with E-state index in [0.717, 1.165) is 78.7 Å². The number of rotatable bonds is 4. The highest BCUT2D eigenvalue weighted by molar-refractivity contribution is 7.21. The Hall–Kier alpha value is -2.51. The van der Waals surface area contributed by atoms with Crippen LogP contribution in [0.4, 0.5) is 9.52 Å². The van der Waals surface area contributed by atoms with Gasteiger partial charge in [0.15, 0.2) is 5.13 Å². The molecule has 6 rings (SSSR count). The lowest BCUT2D eigenvalue weighted by Crippen LogP contribution is -2.36. The molecule has 4 heterocycles. The number of aromatic nitrogens is 3. The number of aromatic amines is 1. The first-order valence-corrected chi connectivity index (χ1v) is 11.9. The second-order valence-corrected chi connectivity index (χ2v) is 9.60. The highest BCUT2D eigenvalue weighted by Crippen LogP contribution is 2.34. The van der Waals surface area contributed by atoms with E-state index in [1.165, 1.54) is 23.1 Å². The molecule has 1 atom stereocenters. The van der Waals surface area contributed by atoms with Crippen LogP contribution in [0.1, 0.15) is 29.8 Å². The van der Waals surface area contributed by atoms with Gasteiger partial charge in [-0.3, -0.25) is 0 Å². The standard InChI is InChI=1S/C24H25FN4OS/c25-16-3-6-18-19-13-15(2-7-20(19)27-22(18)14-16)1-4-17-5-8-21-23(26-17)31-24(28-21)29-9-11-30-12-10-29/h3,5-6,8,14-15,27H,1-2,4,7,9-13H2/t15-/m0/s1. The minimum absolute atomic E-state index is 0.177. The molecule has 7 heteroatoms. The number of H-pyrrole nitrogens is 1. The summed E-state index contributed by atoms with van der Waals surface area (Å²) < 4.78 is 19.0. The molecule has 1 saturated heterocycles. The van der Waals surface area contributed by atoms with E-state index in [4.69, 9.17) is 14.7 Å². The quantitative estimate of drug-likeness (QED) is 0.495. The molecule has 1 aliphatic heterocycles. The number of pyridine rings is 1. The average Bonchev–Trinajstić information content (AvgIpc) is 3.38. The fourth-order valence-electron chi connectivity index (χ4n) is 4.94. The number of thiazole rings is 1. The molecule has 0 amide bonds. The number of aryl methyl sites for hydroxylation is 2. The van der Waals surface area contributed by atoms with Crippen LogP contribution in [0.25, 0.3) is 21.3 Å². The van der Waals surface area contributed by atoms with Crippen LogP contribution in [0.2, 0.25) is 0 Å². The van der Waals surface area contributed by atoms with Gasteiger partial charge in [-0.25, -0.2) is 14.4 Å². The minimum atomic E-state index is -0.177. The highest BCUT2D eigenvalue weighted by atomic mass is 32.1. The first-order valence-electron chi connectivity index (χ1n) is 11.1. The lowest BCUT2D eigenvalue weighted by Gasteiger charge is -2.25. The number of halogens is 1. The van der Waals surface area contributed by atoms with Crippen LogP contribution in [0.15, 0.2) is 30.3 Å². The normalized spacial score (nSPS) is 19.3. The number of ether oxygens (including phenoxy) is 1. The van der Waals surface area contributed by atoms with Gasteiger partial charge in [-0.1, -0.05) is 11.3 Å². The molecule has 0 radical (unpaired) electrons. The van der Waals surface area contributed by atoms with E-state index in [9.17, 15) is 4.39 Å². The summed E-state index contributed by atoms with van der Waals surface area (Å²) in [6, 6.07) is 9.36. The Kier molecular flexibility index (Phi) is 4.88. The summed E-state index contributed by atoms with van der Waals surface area (Å²) in [5, 5.41) is 2.24. The van der Waals surface area contributed by atoms with E-state index >= 15 is 0 Å². The Balaban J connectivity index is 1.15. The summed E-state index contributed by atoms with van der Waals surface area (Å²) in [4.78, 5) is 16.5. The molecule has 3 aromatic heterocycles. The zero-order valence-corrected chi connectivity index (χ0v) is 18.2. The van der Waals surface area contributed by atoms with Gasteiger partial charge in [0, 0.05) is 35.4 Å². The molecule has 31 heavy (non-hydrogen) atoms. The van der Waals surface area contributed by atoms with Crippen molar-refractivity contribution in [2.75, 3.05) is 31.2 Å². The number of hydrogen-bond acceptors (Lipinski definition) is 5. The fraction of sp³-hybridized carbons (Fsp3) is 0.417. The highest BCUT2D eigenvalue weighted by Gasteiger charge is 2.23. The zero-order chi connectivity index (χ0) is 20.8. The maximum absolute atomic E-state index is 13.6. The molecule has 0 saturated carbocycles. The van der Waals surface area contributed by atoms with Crippen molar-refractivity contribution in [1.82, 2.24) is 15.0 Å². The van der Waals surface area contributed by atoms with Gasteiger partial charge in [-0.15, -0.1) is 0 Å². The van der Waals surface area contributed by atoms with Crippen LogP contribution in [0.3, 0.4) is 0 Å². The van der Waals surface area contributed by atoms with Gasteiger partial charge in [0.2, 0.25) is 0 Å². The third-order valence-corrected chi connectivity index (χ3v) is 7.67. The van der Waals surface area contributed by atoms with E-state index in [2.05, 4.69) is 22.0 Å². The van der Waals surface area contributed by atoms with Crippen LogP contribution in [-0.2, 0) is 24.0 Å². The maximum Gasteiger partial charge on any atom is 0.188 e. The fourth-order valence-corrected chi connectivity index (χ4v) is 5.95. The number of anilines is 1. The van der Waals surface area contributed by atoms with Gasteiger partial charge >= 0.3 is 0 Å². The third kappa shape index (κ3) is 3.70. The van der Waals surface area contributed by atoms with Crippen molar-refractivity contribution in [1.29, 1.82) is 0 Å². The summed E-state index contributed by atoms with van der Waals surface area (Å²) in [7, 11) is 0. The van der Waals surface area contributed by atoms with Crippen molar-refractivity contribution in [3.05, 3.63) is 53.1 Å². The maximum atomic E-state index is 13.6. The number of nitrogens with one attached hydrogen (secondary N) is 1. The first-order chi connectivity index (χ1) is 15.2. The number of morpholine rings is 1. The van der Waals surface area contributed by atoms with Gasteiger partial charge < -0.3 is 14.6 Å². The second-order valence-electron chi connectivity index (χ2n) is 8.64. The van der Waals surface area contributed by atoms with Gasteiger partial charge in [0.05, 0.1) is 13.2 Å². The predicted molar refractivity (Wildman–Crippen MR) is 123 cm³/mol. The molecule has 0 spiro atoms. The van der Waals surface area contributed by atoms with Crippen LogP contribution in [0, 0.1) is 11.7 Å². The largest absolute Gasteiger partial charge is 0.378 e. The van der Waals surface area contributed by atoms with Crippen LogP contribution >= 0.6 is 11.3 Å². The topological polar surface area (TPSA) is 54.0 Å². The molecule has 1 aromatic carbocycles. The molecule has 1 N–H and O–H groups in total. The Morgan fingerprint density at radius 3 is 2.97 bits per heavy atom. The summed E-state index contributed by atoms with van der Waals surface area (Å²) in [6.45, 7) is 3.33. The van der Waals surface area contributed by atoms with Crippen molar-refractivity contribution in [2.24, 2.45) is 5.92 Å². The van der Waals surface area contributed by atoms with E-state index in [-0.39, 0.29) is 5.82 Å². The lowest BCUT2D eigenvalue weighted by molar-refractivity contribution is 0.122. The third-order valence-electron chi connectivity index (χ3n) is 6.64. The Morgan fingerprint density at radius 2 is 2.06 bits per heavy atom. The Labute approximate surface area is 184 Å². The summed E-state index contributed by atoms with van der Waals surface area (Å²) in [5.74, 6) is 0.461. The lowest BCUT2D eigenvalue weighted by atomic mass is 9.83. The number of benzene rings is 1. The molecule has 0 bridgehead atoms. The van der Waals surface area contributed by atoms with E-state index in [1.54, 1.807) is 23.5 Å². The number of nitrogens with zero attached hydrogens (tertiary/aromatic N) is 3. The second kappa shape index (κ2) is 7.88. The summed E-state index contributed by atoms with van der Waals surface area (Å²) in [5.41, 5.74) is 5.74. The van der Waals surface area contributed by atoms with Crippen molar-refractivity contribution >= 4 is 37.7 Å². The first kappa shape index (κ1) is 19.2. The number of hydrogen-bond donors (Lipinski definition) is 1. The zero-order valence-electron chi connectivity index (χ0n) is 17.4. The van der Waals surface area contributed by atoms with Crippen LogP contribution < -0.4 is 4.90 Å². The van der Waals surface area contributed by atoms with Crippen LogP contribution in [-0.4, -0.2) is 41.3 Å². The van der Waals surface area contributed by atoms with E-state index in [0.29, 0.717) is 5.92 Å². The van der Waals surface area contributed by atoms with Gasteiger partial charge in [-0.05, 0) is 73.9 Å². The van der Waals surface area contributed by atoms with Gasteiger partial charge in [-0.2, -0.15) is 0 Å². The number of fused-ring (bicyclic) bond motifs is 4. The Morgan fingerprint density at radius 1 is 1.16 bits per heavy atom. The van der Waals surface area contributed by atoms with Crippen molar-refractivity contribution in [2.45, 2.75) is 32.1 Å². The predicted octanol–water partition coefficient (Wildman–Crippen LogP) is 4.89. The molecule has 4 aromatic rings. The summed E-state index contributed by atoms with van der Waals surface area (Å²) in [6.07, 6.45) is 5.39. The van der Waals surface area contributed by atoms with Crippen molar-refractivity contribution in [3.63, 3.8) is 0 Å². The van der Waals surface area contributed by atoms with Crippen molar-refractivity contribution in [3.8, 4) is 0 Å². The summed E-state index contributed by atoms with van der Waals surface area (Å²) >= 11 is 1.69. The minimum Gasteiger partial charge on any atom is -0.378 e. The average molecular weight is 437 g/mol. The molecule has 160 valence electrons. The molecular formula is C24H25FN4OS. The Bertz CT molecular complexity index is 1240. The van der Waals surface area contributed by atoms with Crippen LogP contribution in [0.5, 0.6) is 0 Å². The van der Waals surface area contributed by atoms with Gasteiger partial charge in [0.25, 0.3) is 0 Å². The molecule has 5 nitrogen and oxygen atoms in total. The molecular weight excluding hydrogens is 411 g/mol. The molecule has 0 unspecified atom stereocenters. The molecule has 1 aliphatic carbocycles. The molecule has 1 fully saturated rings. The van der Waals surface area contributed by atoms with E-state index in [1.807, 2.05) is 6.07 Å². The SMILES string of the molecule is Fc1ccc2c3c([nH]c2c1)CC[C@H](CCc1ccc2nc(N4CCOCC4)sc2n1)C3. The monoisotopic (exact) mass is 436 g/mol. The van der Waals surface area contributed by atoms with Gasteiger partial charge in [0.1, 0.15) is 16.2 Å². The smallest absolute Gasteiger partial charge is 0.188 e. The van der Waals surface area contributed by atoms with E-state index < -0.39 is 0 Å². The van der Waals surface area contributed by atoms with Crippen molar-refractivity contribution < 1.29 is 9.13 Å².